The summed E-state index contributed by atoms with van der Waals surface area (Å²) in [4.78, 5) is 11.6. The van der Waals surface area contributed by atoms with E-state index in [1.54, 1.807) is 12.1 Å². The van der Waals surface area contributed by atoms with Crippen LogP contribution in [0.5, 0.6) is 11.5 Å². The van der Waals surface area contributed by atoms with Crippen molar-refractivity contribution >= 4 is 12.1 Å². The molecule has 0 bridgehead atoms. The van der Waals surface area contributed by atoms with Crippen molar-refractivity contribution in [2.45, 2.75) is 0 Å². The molecule has 1 N–H and O–H groups in total. The summed E-state index contributed by atoms with van der Waals surface area (Å²) in [7, 11) is 0. The van der Waals surface area contributed by atoms with Crippen LogP contribution in [0.4, 0.5) is 0 Å². The van der Waals surface area contributed by atoms with Crippen LogP contribution in [0.2, 0.25) is 0 Å². The van der Waals surface area contributed by atoms with Crippen LogP contribution in [-0.4, -0.2) is 32.1 Å². The number of hydrogen-bond acceptors (Lipinski definition) is 6. The highest BCUT2D eigenvalue weighted by molar-refractivity contribution is 5.92. The molecule has 1 aromatic rings. The smallest absolute Gasteiger partial charge is 0.309 e. The Kier molecular flexibility index (Phi) is 3.40. The van der Waals surface area contributed by atoms with Gasteiger partial charge in [-0.1, -0.05) is 0 Å². The van der Waals surface area contributed by atoms with Gasteiger partial charge in [0.1, 0.15) is 19.5 Å². The van der Waals surface area contributed by atoms with Gasteiger partial charge >= 0.3 is 5.91 Å². The summed E-state index contributed by atoms with van der Waals surface area (Å²) in [6, 6.07) is 5.37. The molecule has 0 aromatic heterocycles. The van der Waals surface area contributed by atoms with Crippen LogP contribution in [0.15, 0.2) is 35.3 Å². The standard InChI is InChI=1S/C13H12N2O5/c16-13(12-7-17-3-4-18-12)15-14-6-9-1-2-10-11(5-9)20-8-19-10/h1-2,5-7H,3-4,8H2,(H,15,16)/b14-6-. The molecule has 0 spiro atoms. The summed E-state index contributed by atoms with van der Waals surface area (Å²) in [5.41, 5.74) is 3.14. The van der Waals surface area contributed by atoms with Gasteiger partial charge in [0.2, 0.25) is 12.6 Å². The third-order valence-corrected chi connectivity index (χ3v) is 2.65. The number of carbonyl (C=O) groups excluding carboxylic acids is 1. The number of nitrogens with zero attached hydrogens (tertiary/aromatic N) is 1. The molecule has 2 aliphatic rings. The van der Waals surface area contributed by atoms with Crippen molar-refractivity contribution in [3.05, 3.63) is 35.8 Å². The van der Waals surface area contributed by atoms with E-state index in [0.29, 0.717) is 24.7 Å². The summed E-state index contributed by atoms with van der Waals surface area (Å²) in [6.45, 7) is 1.01. The third kappa shape index (κ3) is 2.66. The van der Waals surface area contributed by atoms with Crippen LogP contribution in [0, 0.1) is 0 Å². The lowest BCUT2D eigenvalue weighted by Crippen LogP contribution is -2.24. The van der Waals surface area contributed by atoms with E-state index in [2.05, 4.69) is 10.5 Å². The van der Waals surface area contributed by atoms with E-state index in [0.717, 1.165) is 5.56 Å². The fourth-order valence-electron chi connectivity index (χ4n) is 1.70. The Morgan fingerprint density at radius 2 is 2.10 bits per heavy atom. The largest absolute Gasteiger partial charge is 0.494 e. The molecule has 2 heterocycles. The first kappa shape index (κ1) is 12.3. The lowest BCUT2D eigenvalue weighted by molar-refractivity contribution is -0.122. The molecular formula is C13H12N2O5. The van der Waals surface area contributed by atoms with E-state index in [1.807, 2.05) is 6.07 Å². The van der Waals surface area contributed by atoms with Crippen LogP contribution in [0.3, 0.4) is 0 Å². The molecule has 20 heavy (non-hydrogen) atoms. The first-order chi connectivity index (χ1) is 9.83. The SMILES string of the molecule is O=C(N/N=C\c1ccc2c(c1)OCO2)C1=COCCO1. The Hall–Kier alpha value is -2.70. The normalized spacial score (nSPS) is 16.3. The Bertz CT molecular complexity index is 582. The van der Waals surface area contributed by atoms with Crippen LogP contribution in [-0.2, 0) is 14.3 Å². The van der Waals surface area contributed by atoms with E-state index in [9.17, 15) is 4.79 Å². The topological polar surface area (TPSA) is 78.4 Å². The molecule has 0 unspecified atom stereocenters. The van der Waals surface area contributed by atoms with Gasteiger partial charge in [-0.05, 0) is 23.8 Å². The maximum absolute atomic E-state index is 11.6. The van der Waals surface area contributed by atoms with Crippen LogP contribution in [0.1, 0.15) is 5.56 Å². The second-order valence-electron chi connectivity index (χ2n) is 4.01. The van der Waals surface area contributed by atoms with E-state index >= 15 is 0 Å². The highest BCUT2D eigenvalue weighted by Gasteiger charge is 2.14. The monoisotopic (exact) mass is 276 g/mol. The second-order valence-corrected chi connectivity index (χ2v) is 4.01. The number of rotatable bonds is 3. The maximum Gasteiger partial charge on any atom is 0.309 e. The predicted octanol–water partition coefficient (Wildman–Crippen LogP) is 0.754. The molecule has 7 nitrogen and oxygen atoms in total. The fraction of sp³-hybridized carbons (Fsp3) is 0.231. The Labute approximate surface area is 114 Å². The Morgan fingerprint density at radius 3 is 2.95 bits per heavy atom. The van der Waals surface area contributed by atoms with Crippen molar-refractivity contribution < 1.29 is 23.7 Å². The molecule has 0 aliphatic carbocycles. The number of hydrazone groups is 1. The van der Waals surface area contributed by atoms with Crippen molar-refractivity contribution in [1.29, 1.82) is 0 Å². The molecule has 2 aliphatic heterocycles. The first-order valence-corrected chi connectivity index (χ1v) is 6.00. The van der Waals surface area contributed by atoms with Gasteiger partial charge in [-0.15, -0.1) is 0 Å². The van der Waals surface area contributed by atoms with Gasteiger partial charge in [-0.25, -0.2) is 5.43 Å². The first-order valence-electron chi connectivity index (χ1n) is 6.00. The summed E-state index contributed by atoms with van der Waals surface area (Å²) in [6.07, 6.45) is 2.78. The lowest BCUT2D eigenvalue weighted by Gasteiger charge is -2.13. The molecule has 0 saturated heterocycles. The zero-order valence-electron chi connectivity index (χ0n) is 10.5. The predicted molar refractivity (Wildman–Crippen MR) is 68.3 cm³/mol. The summed E-state index contributed by atoms with van der Waals surface area (Å²) < 4.78 is 20.6. The Balaban J connectivity index is 1.60. The lowest BCUT2D eigenvalue weighted by atomic mass is 10.2. The van der Waals surface area contributed by atoms with Crippen molar-refractivity contribution in [3.8, 4) is 11.5 Å². The van der Waals surface area contributed by atoms with E-state index in [-0.39, 0.29) is 12.6 Å². The van der Waals surface area contributed by atoms with Crippen LogP contribution in [0.25, 0.3) is 0 Å². The average Bonchev–Trinajstić information content (AvgIpc) is 2.95. The van der Waals surface area contributed by atoms with Gasteiger partial charge in [0.05, 0.1) is 6.21 Å². The van der Waals surface area contributed by atoms with Gasteiger partial charge in [-0.3, -0.25) is 4.79 Å². The van der Waals surface area contributed by atoms with Crippen LogP contribution >= 0.6 is 0 Å². The maximum atomic E-state index is 11.6. The van der Waals surface area contributed by atoms with Gasteiger partial charge in [-0.2, -0.15) is 5.10 Å². The fourth-order valence-corrected chi connectivity index (χ4v) is 1.70. The zero-order chi connectivity index (χ0) is 13.8. The number of hydrogen-bond donors (Lipinski definition) is 1. The van der Waals surface area contributed by atoms with Crippen molar-refractivity contribution in [2.75, 3.05) is 20.0 Å². The molecule has 104 valence electrons. The molecule has 0 radical (unpaired) electrons. The average molecular weight is 276 g/mol. The number of nitrogens with one attached hydrogen (secondary N) is 1. The molecule has 3 rings (SSSR count). The Morgan fingerprint density at radius 1 is 1.20 bits per heavy atom. The number of ether oxygens (including phenoxy) is 4. The summed E-state index contributed by atoms with van der Waals surface area (Å²) in [5.74, 6) is 1.01. The quantitative estimate of drug-likeness (QED) is 0.651. The van der Waals surface area contributed by atoms with E-state index in [4.69, 9.17) is 18.9 Å². The third-order valence-electron chi connectivity index (χ3n) is 2.65. The minimum absolute atomic E-state index is 0.110. The highest BCUT2D eigenvalue weighted by Crippen LogP contribution is 2.31. The molecule has 7 heteroatoms. The highest BCUT2D eigenvalue weighted by atomic mass is 16.7. The molecule has 1 aromatic carbocycles. The van der Waals surface area contributed by atoms with Crippen molar-refractivity contribution in [1.82, 2.24) is 5.43 Å². The molecular weight excluding hydrogens is 264 g/mol. The minimum atomic E-state index is -0.457. The summed E-state index contributed by atoms with van der Waals surface area (Å²) >= 11 is 0. The van der Waals surface area contributed by atoms with Crippen molar-refractivity contribution in [2.24, 2.45) is 5.10 Å². The van der Waals surface area contributed by atoms with Gasteiger partial charge in [0.25, 0.3) is 0 Å². The van der Waals surface area contributed by atoms with E-state index in [1.165, 1.54) is 12.5 Å². The molecule has 0 fully saturated rings. The van der Waals surface area contributed by atoms with Gasteiger partial charge in [0, 0.05) is 0 Å². The zero-order valence-corrected chi connectivity index (χ0v) is 10.5. The second kappa shape index (κ2) is 5.52. The molecule has 1 amide bonds. The minimum Gasteiger partial charge on any atom is -0.494 e. The van der Waals surface area contributed by atoms with Gasteiger partial charge in [0.15, 0.2) is 11.5 Å². The van der Waals surface area contributed by atoms with Gasteiger partial charge < -0.3 is 18.9 Å². The number of amides is 1. The van der Waals surface area contributed by atoms with Crippen LogP contribution < -0.4 is 14.9 Å². The van der Waals surface area contributed by atoms with Crippen molar-refractivity contribution in [3.63, 3.8) is 0 Å². The molecule has 0 saturated carbocycles. The number of carbonyl (C=O) groups is 1. The number of benzene rings is 1. The van der Waals surface area contributed by atoms with E-state index < -0.39 is 5.91 Å². The molecule has 0 atom stereocenters. The summed E-state index contributed by atoms with van der Waals surface area (Å²) in [5, 5.41) is 3.84. The number of fused-ring (bicyclic) bond motifs is 1.